The van der Waals surface area contributed by atoms with Crippen molar-refractivity contribution in [2.45, 2.75) is 50.6 Å². The summed E-state index contributed by atoms with van der Waals surface area (Å²) in [7, 11) is 0. The topological polar surface area (TPSA) is 63.4 Å². The number of nitrogens with two attached hydrogens (primary N) is 1. The van der Waals surface area contributed by atoms with E-state index in [1.54, 1.807) is 24.3 Å². The summed E-state index contributed by atoms with van der Waals surface area (Å²) in [6.07, 6.45) is 6.86. The van der Waals surface area contributed by atoms with Crippen molar-refractivity contribution in [1.82, 2.24) is 4.90 Å². The monoisotopic (exact) mass is 272 g/mol. The molecule has 0 spiro atoms. The van der Waals surface area contributed by atoms with E-state index in [1.807, 2.05) is 0 Å². The lowest BCUT2D eigenvalue weighted by atomic mass is 9.84. The molecule has 2 saturated carbocycles. The highest BCUT2D eigenvalue weighted by Crippen LogP contribution is 2.34. The Hall–Kier alpha value is -1.84. The molecule has 2 aliphatic rings. The number of hydrogen-bond donors (Lipinski definition) is 1. The first-order valence-electron chi connectivity index (χ1n) is 7.39. The van der Waals surface area contributed by atoms with Gasteiger partial charge in [-0.1, -0.05) is 6.07 Å². The van der Waals surface area contributed by atoms with Gasteiger partial charge in [0.2, 0.25) is 5.91 Å². The summed E-state index contributed by atoms with van der Waals surface area (Å²) in [5, 5.41) is 0. The predicted octanol–water partition coefficient (Wildman–Crippen LogP) is 2.33. The number of benzene rings is 1. The Morgan fingerprint density at radius 2 is 1.55 bits per heavy atom. The largest absolute Gasteiger partial charge is 0.366 e. The second-order valence-electron chi connectivity index (χ2n) is 5.83. The highest BCUT2D eigenvalue weighted by molar-refractivity contribution is 5.99. The van der Waals surface area contributed by atoms with Crippen molar-refractivity contribution in [3.8, 4) is 0 Å². The van der Waals surface area contributed by atoms with Crippen LogP contribution in [0.15, 0.2) is 24.3 Å². The van der Waals surface area contributed by atoms with Crippen molar-refractivity contribution in [3.63, 3.8) is 0 Å². The molecule has 3 rings (SSSR count). The van der Waals surface area contributed by atoms with Gasteiger partial charge in [-0.2, -0.15) is 0 Å². The van der Waals surface area contributed by atoms with Crippen LogP contribution in [0.25, 0.3) is 0 Å². The third kappa shape index (κ3) is 2.30. The molecule has 20 heavy (non-hydrogen) atoms. The number of carbonyl (C=O) groups excluding carboxylic acids is 2. The molecule has 2 N–H and O–H groups in total. The number of hydrogen-bond acceptors (Lipinski definition) is 2. The van der Waals surface area contributed by atoms with Gasteiger partial charge in [-0.25, -0.2) is 0 Å². The maximum Gasteiger partial charge on any atom is 0.254 e. The van der Waals surface area contributed by atoms with E-state index in [0.717, 1.165) is 25.7 Å². The number of primary amides is 1. The van der Waals surface area contributed by atoms with Crippen LogP contribution in [-0.4, -0.2) is 28.8 Å². The van der Waals surface area contributed by atoms with Gasteiger partial charge in [-0.3, -0.25) is 9.59 Å². The van der Waals surface area contributed by atoms with Crippen LogP contribution in [-0.2, 0) is 0 Å². The van der Waals surface area contributed by atoms with Crippen molar-refractivity contribution in [2.24, 2.45) is 5.73 Å². The minimum Gasteiger partial charge on any atom is -0.366 e. The highest BCUT2D eigenvalue weighted by atomic mass is 16.2. The maximum atomic E-state index is 12.8. The summed E-state index contributed by atoms with van der Waals surface area (Å²) >= 11 is 0. The first kappa shape index (κ1) is 13.2. The van der Waals surface area contributed by atoms with Gasteiger partial charge in [0.1, 0.15) is 0 Å². The predicted molar refractivity (Wildman–Crippen MR) is 76.4 cm³/mol. The molecule has 0 bridgehead atoms. The summed E-state index contributed by atoms with van der Waals surface area (Å²) < 4.78 is 0. The van der Waals surface area contributed by atoms with E-state index in [1.165, 1.54) is 12.8 Å². The lowest BCUT2D eigenvalue weighted by Gasteiger charge is -2.46. The number of carbonyl (C=O) groups is 2. The summed E-state index contributed by atoms with van der Waals surface area (Å²) in [5.74, 6) is -0.430. The normalized spacial score (nSPS) is 19.0. The molecule has 0 radical (unpaired) electrons. The summed E-state index contributed by atoms with van der Waals surface area (Å²) in [5.41, 5.74) is 6.27. The van der Waals surface area contributed by atoms with Crippen LogP contribution in [0.3, 0.4) is 0 Å². The minimum absolute atomic E-state index is 0.0579. The minimum atomic E-state index is -0.488. The summed E-state index contributed by atoms with van der Waals surface area (Å²) in [6, 6.07) is 7.56. The first-order chi connectivity index (χ1) is 9.66. The third-order valence-corrected chi connectivity index (χ3v) is 4.56. The zero-order valence-corrected chi connectivity index (χ0v) is 11.5. The molecule has 0 saturated heterocycles. The van der Waals surface area contributed by atoms with Gasteiger partial charge in [0, 0.05) is 23.2 Å². The third-order valence-electron chi connectivity index (χ3n) is 4.56. The zero-order valence-electron chi connectivity index (χ0n) is 11.5. The fraction of sp³-hybridized carbons (Fsp3) is 0.500. The SMILES string of the molecule is NC(=O)c1cccc(C(=O)N(C2CCC2)C2CCC2)c1. The second-order valence-corrected chi connectivity index (χ2v) is 5.83. The van der Waals surface area contributed by atoms with Crippen molar-refractivity contribution in [3.05, 3.63) is 35.4 Å². The molecule has 0 atom stereocenters. The Bertz CT molecular complexity index is 519. The fourth-order valence-corrected chi connectivity index (χ4v) is 2.91. The smallest absolute Gasteiger partial charge is 0.254 e. The fourth-order valence-electron chi connectivity index (χ4n) is 2.91. The standard InChI is InChI=1S/C16H20N2O2/c17-15(19)11-4-1-5-12(10-11)16(20)18(13-6-2-7-13)14-8-3-9-14/h1,4-5,10,13-14H,2-3,6-9H2,(H2,17,19). The molecule has 2 aliphatic carbocycles. The molecule has 0 heterocycles. The highest BCUT2D eigenvalue weighted by Gasteiger charge is 2.37. The molecule has 2 fully saturated rings. The Morgan fingerprint density at radius 1 is 1.00 bits per heavy atom. The van der Waals surface area contributed by atoms with Gasteiger partial charge in [0.05, 0.1) is 0 Å². The molecule has 1 aromatic carbocycles. The molecule has 0 unspecified atom stereocenters. The van der Waals surface area contributed by atoms with Gasteiger partial charge in [-0.05, 0) is 56.7 Å². The quantitative estimate of drug-likeness (QED) is 0.914. The van der Waals surface area contributed by atoms with Crippen LogP contribution in [0.4, 0.5) is 0 Å². The van der Waals surface area contributed by atoms with Crippen LogP contribution in [0.5, 0.6) is 0 Å². The molecule has 0 aliphatic heterocycles. The van der Waals surface area contributed by atoms with E-state index in [4.69, 9.17) is 5.73 Å². The van der Waals surface area contributed by atoms with E-state index >= 15 is 0 Å². The number of nitrogens with zero attached hydrogens (tertiary/aromatic N) is 1. The second kappa shape index (κ2) is 5.27. The van der Waals surface area contributed by atoms with E-state index < -0.39 is 5.91 Å². The van der Waals surface area contributed by atoms with Crippen LogP contribution < -0.4 is 5.73 Å². The van der Waals surface area contributed by atoms with Gasteiger partial charge in [0.15, 0.2) is 0 Å². The Labute approximate surface area is 118 Å². The van der Waals surface area contributed by atoms with E-state index in [9.17, 15) is 9.59 Å². The summed E-state index contributed by atoms with van der Waals surface area (Å²) in [4.78, 5) is 26.1. The molecule has 0 aromatic heterocycles. The van der Waals surface area contributed by atoms with Crippen molar-refractivity contribution in [2.75, 3.05) is 0 Å². The van der Waals surface area contributed by atoms with Crippen LogP contribution in [0, 0.1) is 0 Å². The Morgan fingerprint density at radius 3 is 2.00 bits per heavy atom. The Kier molecular flexibility index (Phi) is 3.47. The van der Waals surface area contributed by atoms with Gasteiger partial charge < -0.3 is 10.6 Å². The van der Waals surface area contributed by atoms with Gasteiger partial charge >= 0.3 is 0 Å². The number of amides is 2. The Balaban J connectivity index is 1.84. The van der Waals surface area contributed by atoms with Gasteiger partial charge in [0.25, 0.3) is 5.91 Å². The van der Waals surface area contributed by atoms with Crippen LogP contribution in [0.1, 0.15) is 59.2 Å². The van der Waals surface area contributed by atoms with E-state index in [0.29, 0.717) is 23.2 Å². The lowest BCUT2D eigenvalue weighted by Crippen LogP contribution is -2.52. The molecular formula is C16H20N2O2. The molecule has 2 amide bonds. The van der Waals surface area contributed by atoms with Crippen molar-refractivity contribution >= 4 is 11.8 Å². The van der Waals surface area contributed by atoms with E-state index in [2.05, 4.69) is 4.90 Å². The molecular weight excluding hydrogens is 252 g/mol. The lowest BCUT2D eigenvalue weighted by molar-refractivity contribution is 0.0285. The molecule has 106 valence electrons. The molecule has 4 nitrogen and oxygen atoms in total. The zero-order chi connectivity index (χ0) is 14.1. The molecule has 4 heteroatoms. The van der Waals surface area contributed by atoms with Crippen molar-refractivity contribution < 1.29 is 9.59 Å². The average Bonchev–Trinajstić information content (AvgIpc) is 2.33. The first-order valence-corrected chi connectivity index (χ1v) is 7.39. The summed E-state index contributed by atoms with van der Waals surface area (Å²) in [6.45, 7) is 0. The van der Waals surface area contributed by atoms with Crippen LogP contribution >= 0.6 is 0 Å². The average molecular weight is 272 g/mol. The van der Waals surface area contributed by atoms with E-state index in [-0.39, 0.29) is 5.91 Å². The van der Waals surface area contributed by atoms with Gasteiger partial charge in [-0.15, -0.1) is 0 Å². The number of rotatable bonds is 4. The molecule has 1 aromatic rings. The maximum absolute atomic E-state index is 12.8. The van der Waals surface area contributed by atoms with Crippen LogP contribution in [0.2, 0.25) is 0 Å². The van der Waals surface area contributed by atoms with Crippen molar-refractivity contribution in [1.29, 1.82) is 0 Å².